The molecular formula is C25H52NO5P. The predicted octanol–water partition coefficient (Wildman–Crippen LogP) is 5.03. The Bertz CT molecular complexity index is 481. The third kappa shape index (κ3) is 20.4. The van der Waals surface area contributed by atoms with Crippen LogP contribution in [-0.4, -0.2) is 67.4 Å². The van der Waals surface area contributed by atoms with E-state index in [1.54, 1.807) is 0 Å². The summed E-state index contributed by atoms with van der Waals surface area (Å²) in [5.74, 6) is 0. The summed E-state index contributed by atoms with van der Waals surface area (Å²) in [5.41, 5.74) is 0. The Balaban J connectivity index is 3.58. The number of unbranched alkanes of at least 4 members (excludes halogenated alkanes) is 12. The molecule has 0 saturated heterocycles. The highest BCUT2D eigenvalue weighted by Crippen LogP contribution is 2.37. The molecule has 1 atom stereocenters. The van der Waals surface area contributed by atoms with Gasteiger partial charge in [0.2, 0.25) is 0 Å². The molecule has 192 valence electrons. The Morgan fingerprint density at radius 1 is 0.781 bits per heavy atom. The first-order valence-electron chi connectivity index (χ1n) is 13.0. The van der Waals surface area contributed by atoms with Crippen LogP contribution in [0.1, 0.15) is 96.8 Å². The largest absolute Gasteiger partial charge is 0.778 e. The standard InChI is InChI=1S/C25H52NO5P/c1-3-4-5-6-7-8-9-10-11-12-13-14-15-16-17-18-24-31-32(29,30)25-21-26(2,19-22-27)20-23-28/h10-11,27-28H,3-9,12-25H2,1-2H3/b11-10+. The van der Waals surface area contributed by atoms with Gasteiger partial charge in [0.15, 0.2) is 0 Å². The molecule has 32 heavy (non-hydrogen) atoms. The quantitative estimate of drug-likeness (QED) is 0.0881. The van der Waals surface area contributed by atoms with Crippen LogP contribution in [0.5, 0.6) is 0 Å². The van der Waals surface area contributed by atoms with E-state index in [2.05, 4.69) is 19.1 Å². The first-order valence-corrected chi connectivity index (χ1v) is 14.8. The lowest BCUT2D eigenvalue weighted by Crippen LogP contribution is -2.50. The van der Waals surface area contributed by atoms with Crippen LogP contribution < -0.4 is 4.89 Å². The molecule has 0 aromatic rings. The number of nitrogens with zero attached hydrogens (tertiary/aromatic N) is 1. The van der Waals surface area contributed by atoms with Crippen molar-refractivity contribution in [3.8, 4) is 0 Å². The predicted molar refractivity (Wildman–Crippen MR) is 133 cm³/mol. The lowest BCUT2D eigenvalue weighted by molar-refractivity contribution is -0.908. The maximum Gasteiger partial charge on any atom is 0.140 e. The minimum atomic E-state index is -3.86. The van der Waals surface area contributed by atoms with Gasteiger partial charge in [0.05, 0.1) is 39.6 Å². The van der Waals surface area contributed by atoms with E-state index in [1.165, 1.54) is 70.6 Å². The van der Waals surface area contributed by atoms with E-state index >= 15 is 0 Å². The Hall–Kier alpha value is -0.230. The lowest BCUT2D eigenvalue weighted by Gasteiger charge is -2.35. The van der Waals surface area contributed by atoms with Gasteiger partial charge in [-0.1, -0.05) is 76.9 Å². The van der Waals surface area contributed by atoms with Crippen LogP contribution in [-0.2, 0) is 9.09 Å². The van der Waals surface area contributed by atoms with Crippen molar-refractivity contribution in [2.24, 2.45) is 0 Å². The molecule has 0 bridgehead atoms. The molecule has 0 radical (unpaired) electrons. The number of rotatable bonds is 24. The van der Waals surface area contributed by atoms with Gasteiger partial charge in [-0.25, -0.2) is 0 Å². The summed E-state index contributed by atoms with van der Waals surface area (Å²) in [4.78, 5) is 12.1. The zero-order valence-electron chi connectivity index (χ0n) is 21.0. The van der Waals surface area contributed by atoms with Crippen molar-refractivity contribution in [1.29, 1.82) is 0 Å². The zero-order chi connectivity index (χ0) is 24.0. The van der Waals surface area contributed by atoms with Gasteiger partial charge in [0, 0.05) is 0 Å². The first-order chi connectivity index (χ1) is 15.4. The van der Waals surface area contributed by atoms with Gasteiger partial charge in [-0.2, -0.15) is 0 Å². The maximum atomic E-state index is 12.1. The fourth-order valence-corrected chi connectivity index (χ4v) is 5.06. The Kier molecular flexibility index (Phi) is 21.2. The monoisotopic (exact) mass is 477 g/mol. The molecule has 1 unspecified atom stereocenters. The second-order valence-electron chi connectivity index (χ2n) is 9.34. The van der Waals surface area contributed by atoms with Crippen LogP contribution in [0.4, 0.5) is 0 Å². The van der Waals surface area contributed by atoms with Gasteiger partial charge < -0.3 is 28.7 Å². The van der Waals surface area contributed by atoms with Gasteiger partial charge in [0.25, 0.3) is 0 Å². The number of hydrogen-bond acceptors (Lipinski definition) is 5. The van der Waals surface area contributed by atoms with Crippen molar-refractivity contribution in [3.63, 3.8) is 0 Å². The van der Waals surface area contributed by atoms with Crippen LogP contribution in [0.25, 0.3) is 0 Å². The molecule has 0 fully saturated rings. The van der Waals surface area contributed by atoms with Crippen molar-refractivity contribution >= 4 is 7.60 Å². The van der Waals surface area contributed by atoms with Crippen molar-refractivity contribution in [1.82, 2.24) is 0 Å². The number of likely N-dealkylation sites (N-methyl/N-ethyl adjacent to an activating group) is 1. The summed E-state index contributed by atoms with van der Waals surface area (Å²) in [7, 11) is -2.02. The van der Waals surface area contributed by atoms with Crippen molar-refractivity contribution in [3.05, 3.63) is 12.2 Å². The van der Waals surface area contributed by atoms with Crippen LogP contribution >= 0.6 is 7.60 Å². The second-order valence-corrected chi connectivity index (χ2v) is 11.3. The molecule has 0 rings (SSSR count). The molecule has 0 aliphatic heterocycles. The number of allylic oxidation sites excluding steroid dienone is 2. The molecule has 0 aromatic heterocycles. The summed E-state index contributed by atoms with van der Waals surface area (Å²) in [5, 5.41) is 18.3. The molecule has 6 nitrogen and oxygen atoms in total. The molecular weight excluding hydrogens is 425 g/mol. The SMILES string of the molecule is CCCCCCCC/C=C/CCCCCCCCOP(=O)([O-])CC[N+](C)(CCO)CCO. The summed E-state index contributed by atoms with van der Waals surface area (Å²) in [6.07, 6.45) is 21.7. The number of aliphatic hydroxyl groups excluding tert-OH is 2. The molecule has 0 heterocycles. The normalized spacial score (nSPS) is 14.3. The van der Waals surface area contributed by atoms with E-state index in [0.29, 0.717) is 24.1 Å². The van der Waals surface area contributed by atoms with Crippen molar-refractivity contribution in [2.75, 3.05) is 52.7 Å². The van der Waals surface area contributed by atoms with Crippen LogP contribution in [0.15, 0.2) is 12.2 Å². The molecule has 0 spiro atoms. The van der Waals surface area contributed by atoms with Crippen molar-refractivity contribution in [2.45, 2.75) is 96.8 Å². The van der Waals surface area contributed by atoms with Crippen LogP contribution in [0, 0.1) is 0 Å². The van der Waals surface area contributed by atoms with E-state index in [-0.39, 0.29) is 26.0 Å². The van der Waals surface area contributed by atoms with Crippen LogP contribution in [0.3, 0.4) is 0 Å². The number of hydrogen-bond donors (Lipinski definition) is 2. The average Bonchev–Trinajstić information content (AvgIpc) is 2.75. The minimum Gasteiger partial charge on any atom is -0.778 e. The topological polar surface area (TPSA) is 89.8 Å². The second kappa shape index (κ2) is 21.3. The fraction of sp³-hybridized carbons (Fsp3) is 0.920. The Morgan fingerprint density at radius 3 is 1.75 bits per heavy atom. The smallest absolute Gasteiger partial charge is 0.140 e. The van der Waals surface area contributed by atoms with E-state index < -0.39 is 7.60 Å². The molecule has 0 saturated carbocycles. The molecule has 7 heteroatoms. The van der Waals surface area contributed by atoms with Gasteiger partial charge in [-0.3, -0.25) is 0 Å². The molecule has 0 aliphatic rings. The Labute approximate surface area is 198 Å². The van der Waals surface area contributed by atoms with E-state index in [1.807, 2.05) is 7.05 Å². The van der Waals surface area contributed by atoms with Crippen LogP contribution in [0.2, 0.25) is 0 Å². The highest BCUT2D eigenvalue weighted by atomic mass is 31.2. The fourth-order valence-electron chi connectivity index (χ4n) is 3.80. The highest BCUT2D eigenvalue weighted by Gasteiger charge is 2.23. The summed E-state index contributed by atoms with van der Waals surface area (Å²) in [6, 6.07) is 0. The van der Waals surface area contributed by atoms with Gasteiger partial charge in [0.1, 0.15) is 20.7 Å². The van der Waals surface area contributed by atoms with Crippen molar-refractivity contribution < 1.29 is 28.7 Å². The molecule has 0 aliphatic carbocycles. The lowest BCUT2D eigenvalue weighted by atomic mass is 10.1. The zero-order valence-corrected chi connectivity index (χ0v) is 21.9. The molecule has 0 amide bonds. The maximum absolute atomic E-state index is 12.1. The highest BCUT2D eigenvalue weighted by molar-refractivity contribution is 7.51. The summed E-state index contributed by atoms with van der Waals surface area (Å²) < 4.78 is 17.6. The third-order valence-electron chi connectivity index (χ3n) is 6.14. The summed E-state index contributed by atoms with van der Waals surface area (Å²) >= 11 is 0. The van der Waals surface area contributed by atoms with E-state index in [4.69, 9.17) is 14.7 Å². The van der Waals surface area contributed by atoms with Gasteiger partial charge >= 0.3 is 0 Å². The number of aliphatic hydroxyl groups is 2. The van der Waals surface area contributed by atoms with E-state index in [0.717, 1.165) is 19.3 Å². The molecule has 0 aromatic carbocycles. The average molecular weight is 478 g/mol. The van der Waals surface area contributed by atoms with Gasteiger partial charge in [-0.15, -0.1) is 0 Å². The number of quaternary nitrogens is 1. The van der Waals surface area contributed by atoms with E-state index in [9.17, 15) is 9.46 Å². The first kappa shape index (κ1) is 31.8. The minimum absolute atomic E-state index is 0.0317. The van der Waals surface area contributed by atoms with Gasteiger partial charge in [-0.05, 0) is 32.1 Å². The Morgan fingerprint density at radius 2 is 1.25 bits per heavy atom. The molecule has 2 N–H and O–H groups in total. The third-order valence-corrected chi connectivity index (χ3v) is 7.46. The summed E-state index contributed by atoms with van der Waals surface area (Å²) in [6.45, 7) is 3.64.